The highest BCUT2D eigenvalue weighted by atomic mass is 35.5. The van der Waals surface area contributed by atoms with Crippen molar-refractivity contribution in [2.45, 2.75) is 6.18 Å². The number of fused-ring (bicyclic) bond motifs is 1. The number of pyridine rings is 2. The molecule has 3 aromatic heterocycles. The van der Waals surface area contributed by atoms with Crippen molar-refractivity contribution in [3.63, 3.8) is 0 Å². The molecule has 0 unspecified atom stereocenters. The molecule has 3 heterocycles. The van der Waals surface area contributed by atoms with E-state index in [1.165, 1.54) is 36.0 Å². The van der Waals surface area contributed by atoms with Gasteiger partial charge in [-0.3, -0.25) is 9.39 Å². The number of methoxy groups -OCH3 is 1. The molecule has 0 radical (unpaired) electrons. The highest BCUT2D eigenvalue weighted by Gasteiger charge is 2.39. The molecule has 0 saturated carbocycles. The molecular formula is C18H13Cl2F3N4O2S. The first kappa shape index (κ1) is 22.3. The van der Waals surface area contributed by atoms with E-state index in [2.05, 4.69) is 21.7 Å². The topological polar surface area (TPSA) is 61.0 Å². The number of halogens is 5. The third-order valence-corrected chi connectivity index (χ3v) is 5.25. The van der Waals surface area contributed by atoms with Crippen LogP contribution in [0.25, 0.3) is 11.3 Å². The van der Waals surface area contributed by atoms with Gasteiger partial charge >= 0.3 is 6.18 Å². The number of rotatable bonds is 7. The molecule has 0 aliphatic carbocycles. The second-order valence-electron chi connectivity index (χ2n) is 5.58. The zero-order valence-corrected chi connectivity index (χ0v) is 17.6. The van der Waals surface area contributed by atoms with Crippen molar-refractivity contribution in [3.8, 4) is 11.6 Å². The summed E-state index contributed by atoms with van der Waals surface area (Å²) in [5, 5.41) is 0.0526. The van der Waals surface area contributed by atoms with Crippen molar-refractivity contribution < 1.29 is 22.6 Å². The molecule has 0 amide bonds. The van der Waals surface area contributed by atoms with Gasteiger partial charge in [0.15, 0.2) is 11.3 Å². The minimum absolute atomic E-state index is 0.00922. The second-order valence-corrected chi connectivity index (χ2v) is 7.52. The van der Waals surface area contributed by atoms with E-state index in [-0.39, 0.29) is 32.4 Å². The predicted molar refractivity (Wildman–Crippen MR) is 111 cm³/mol. The molecule has 0 aromatic carbocycles. The molecule has 0 fully saturated rings. The average molecular weight is 477 g/mol. The van der Waals surface area contributed by atoms with Gasteiger partial charge in [-0.25, -0.2) is 9.97 Å². The Bertz CT molecular complexity index is 1100. The van der Waals surface area contributed by atoms with Crippen LogP contribution >= 0.6 is 35.0 Å². The first-order valence-corrected chi connectivity index (χ1v) is 9.86. The van der Waals surface area contributed by atoms with E-state index in [9.17, 15) is 13.2 Å². The van der Waals surface area contributed by atoms with Gasteiger partial charge in [0.2, 0.25) is 5.88 Å². The molecule has 30 heavy (non-hydrogen) atoms. The minimum Gasteiger partial charge on any atom is -0.481 e. The number of imidazole rings is 1. The van der Waals surface area contributed by atoms with Crippen LogP contribution in [0.2, 0.25) is 5.02 Å². The van der Waals surface area contributed by atoms with Crippen molar-refractivity contribution in [1.29, 1.82) is 0 Å². The van der Waals surface area contributed by atoms with Gasteiger partial charge in [-0.05, 0) is 24.9 Å². The Morgan fingerprint density at radius 1 is 1.33 bits per heavy atom. The van der Waals surface area contributed by atoms with Crippen LogP contribution in [0.3, 0.4) is 0 Å². The first-order valence-electron chi connectivity index (χ1n) is 8.12. The fourth-order valence-corrected chi connectivity index (χ4v) is 3.56. The predicted octanol–water partition coefficient (Wildman–Crippen LogP) is 5.75. The summed E-state index contributed by atoms with van der Waals surface area (Å²) in [7, 11) is 1.48. The SMILES string of the molecule is C=N/C(=C(/Cl)SCOc1ccc(OC)nc1)c1c(C(F)(F)F)nc2c(Cl)cccn12. The number of aliphatic imine (C=N–C) groups is 1. The summed E-state index contributed by atoms with van der Waals surface area (Å²) in [4.78, 5) is 11.4. The summed E-state index contributed by atoms with van der Waals surface area (Å²) >= 11 is 13.2. The third-order valence-electron chi connectivity index (χ3n) is 3.77. The van der Waals surface area contributed by atoms with Crippen LogP contribution in [0.1, 0.15) is 11.4 Å². The van der Waals surface area contributed by atoms with E-state index in [1.807, 2.05) is 0 Å². The lowest BCUT2D eigenvalue weighted by Crippen LogP contribution is -2.09. The van der Waals surface area contributed by atoms with Gasteiger partial charge in [0, 0.05) is 12.3 Å². The molecule has 0 aliphatic heterocycles. The normalized spacial score (nSPS) is 12.6. The molecular weight excluding hydrogens is 464 g/mol. The first-order chi connectivity index (χ1) is 14.3. The Morgan fingerprint density at radius 3 is 2.70 bits per heavy atom. The van der Waals surface area contributed by atoms with Crippen molar-refractivity contribution in [2.24, 2.45) is 4.99 Å². The highest BCUT2D eigenvalue weighted by Crippen LogP contribution is 2.40. The summed E-state index contributed by atoms with van der Waals surface area (Å²) < 4.78 is 52.4. The van der Waals surface area contributed by atoms with Gasteiger partial charge in [0.05, 0.1) is 18.3 Å². The zero-order chi connectivity index (χ0) is 21.9. The van der Waals surface area contributed by atoms with E-state index in [4.69, 9.17) is 32.7 Å². The number of hydrogen-bond donors (Lipinski definition) is 0. The van der Waals surface area contributed by atoms with Crippen molar-refractivity contribution in [1.82, 2.24) is 14.4 Å². The van der Waals surface area contributed by atoms with Crippen LogP contribution in [-0.4, -0.2) is 34.1 Å². The number of ether oxygens (including phenoxy) is 2. The largest absolute Gasteiger partial charge is 0.481 e. The van der Waals surface area contributed by atoms with Gasteiger partial charge in [0.1, 0.15) is 27.4 Å². The fraction of sp³-hybridized carbons (Fsp3) is 0.167. The highest BCUT2D eigenvalue weighted by molar-refractivity contribution is 8.04. The Hall–Kier alpha value is -2.43. The van der Waals surface area contributed by atoms with E-state index in [1.54, 1.807) is 12.1 Å². The average Bonchev–Trinajstić information content (AvgIpc) is 3.10. The molecule has 3 aromatic rings. The quantitative estimate of drug-likeness (QED) is 0.321. The van der Waals surface area contributed by atoms with Gasteiger partial charge in [-0.15, -0.1) is 0 Å². The minimum atomic E-state index is -4.76. The molecule has 0 saturated heterocycles. The van der Waals surface area contributed by atoms with Crippen molar-refractivity contribution in [3.05, 3.63) is 57.4 Å². The molecule has 0 N–H and O–H groups in total. The third kappa shape index (κ3) is 4.66. The van der Waals surface area contributed by atoms with E-state index in [0.29, 0.717) is 11.6 Å². The Labute approximate surface area is 183 Å². The summed E-state index contributed by atoms with van der Waals surface area (Å²) in [5.74, 6) is 0.834. The molecule has 0 aliphatic rings. The van der Waals surface area contributed by atoms with Crippen LogP contribution < -0.4 is 9.47 Å². The van der Waals surface area contributed by atoms with Crippen LogP contribution in [-0.2, 0) is 6.18 Å². The smallest absolute Gasteiger partial charge is 0.435 e. The van der Waals surface area contributed by atoms with Gasteiger partial charge in [0.25, 0.3) is 0 Å². The number of hydrogen-bond acceptors (Lipinski definition) is 6. The van der Waals surface area contributed by atoms with Gasteiger partial charge in [-0.1, -0.05) is 35.0 Å². The zero-order valence-electron chi connectivity index (χ0n) is 15.3. The fourth-order valence-electron chi connectivity index (χ4n) is 2.48. The summed E-state index contributed by atoms with van der Waals surface area (Å²) in [6.07, 6.45) is -1.93. The lowest BCUT2D eigenvalue weighted by molar-refractivity contribution is -0.141. The molecule has 12 heteroatoms. The summed E-state index contributed by atoms with van der Waals surface area (Å²) in [5.41, 5.74) is -1.80. The Balaban J connectivity index is 1.93. The number of nitrogens with zero attached hydrogens (tertiary/aromatic N) is 4. The molecule has 158 valence electrons. The lowest BCUT2D eigenvalue weighted by Gasteiger charge is -2.11. The van der Waals surface area contributed by atoms with Gasteiger partial charge in [-0.2, -0.15) is 13.2 Å². The van der Waals surface area contributed by atoms with E-state index in [0.717, 1.165) is 11.8 Å². The Morgan fingerprint density at radius 2 is 2.10 bits per heavy atom. The molecule has 6 nitrogen and oxygen atoms in total. The van der Waals surface area contributed by atoms with Crippen LogP contribution in [0.5, 0.6) is 11.6 Å². The van der Waals surface area contributed by atoms with Gasteiger partial charge < -0.3 is 9.47 Å². The molecule has 0 bridgehead atoms. The molecule has 3 rings (SSSR count). The lowest BCUT2D eigenvalue weighted by atomic mass is 10.2. The monoisotopic (exact) mass is 476 g/mol. The number of thioether (sulfide) groups is 1. The van der Waals surface area contributed by atoms with Crippen molar-refractivity contribution in [2.75, 3.05) is 13.0 Å². The number of alkyl halides is 3. The maximum absolute atomic E-state index is 13.6. The van der Waals surface area contributed by atoms with Crippen LogP contribution in [0.15, 0.2) is 46.0 Å². The van der Waals surface area contributed by atoms with E-state index < -0.39 is 11.9 Å². The summed E-state index contributed by atoms with van der Waals surface area (Å²) in [6, 6.07) is 6.16. The second kappa shape index (κ2) is 9.15. The standard InChI is InChI=1S/C18H13Cl2F3N4O2S/c1-24-13(16(20)30-9-29-10-5-6-12(28-2)25-8-10)14-15(18(21,22)23)26-17-11(19)4-3-7-27(14)17/h3-8H,1,9H2,2H3/b16-13-. The maximum atomic E-state index is 13.6. The number of aromatic nitrogens is 3. The molecule has 0 atom stereocenters. The Kier molecular flexibility index (Phi) is 6.79. The molecule has 0 spiro atoms. The van der Waals surface area contributed by atoms with Crippen LogP contribution in [0, 0.1) is 0 Å². The van der Waals surface area contributed by atoms with Crippen LogP contribution in [0.4, 0.5) is 13.2 Å². The summed E-state index contributed by atoms with van der Waals surface area (Å²) in [6.45, 7) is 3.36. The van der Waals surface area contributed by atoms with Crippen molar-refractivity contribution >= 4 is 53.0 Å². The maximum Gasteiger partial charge on any atom is 0.435 e. The van der Waals surface area contributed by atoms with E-state index >= 15 is 0 Å².